The molecule has 1 aromatic heterocycles. The maximum absolute atomic E-state index is 12.2. The van der Waals surface area contributed by atoms with E-state index >= 15 is 0 Å². The van der Waals surface area contributed by atoms with Crippen molar-refractivity contribution in [3.8, 4) is 0 Å². The van der Waals surface area contributed by atoms with E-state index in [0.29, 0.717) is 5.56 Å². The van der Waals surface area contributed by atoms with Crippen LogP contribution in [0.25, 0.3) is 0 Å². The first-order chi connectivity index (χ1) is 9.91. The zero-order valence-corrected chi connectivity index (χ0v) is 12.1. The van der Waals surface area contributed by atoms with Gasteiger partial charge in [0, 0.05) is 5.56 Å². The fourth-order valence-electron chi connectivity index (χ4n) is 1.71. The topological polar surface area (TPSA) is 98.0 Å². The Labute approximate surface area is 129 Å². The van der Waals surface area contributed by atoms with E-state index in [1.165, 1.54) is 6.07 Å². The van der Waals surface area contributed by atoms with E-state index in [4.69, 9.17) is 23.2 Å². The SMILES string of the molecule is Cc1cccc(C(=O)Nc2c(Cl)ncnc2Cl)c1[N+](=O)[O-]. The molecule has 21 heavy (non-hydrogen) atoms. The van der Waals surface area contributed by atoms with Gasteiger partial charge in [-0.1, -0.05) is 35.3 Å². The smallest absolute Gasteiger partial charge is 0.285 e. The largest absolute Gasteiger partial charge is 0.317 e. The van der Waals surface area contributed by atoms with Crippen molar-refractivity contribution >= 4 is 40.5 Å². The second-order valence-corrected chi connectivity index (χ2v) is 4.73. The van der Waals surface area contributed by atoms with Crippen molar-refractivity contribution in [1.82, 2.24) is 9.97 Å². The average molecular weight is 327 g/mol. The Hall–Kier alpha value is -2.25. The summed E-state index contributed by atoms with van der Waals surface area (Å²) >= 11 is 11.6. The van der Waals surface area contributed by atoms with Crippen LogP contribution in [0.15, 0.2) is 24.5 Å². The minimum Gasteiger partial charge on any atom is -0.317 e. The molecule has 2 rings (SSSR count). The van der Waals surface area contributed by atoms with Crippen molar-refractivity contribution in [2.24, 2.45) is 0 Å². The van der Waals surface area contributed by atoms with Gasteiger partial charge in [0.25, 0.3) is 11.6 Å². The molecule has 0 saturated carbocycles. The van der Waals surface area contributed by atoms with Gasteiger partial charge in [-0.05, 0) is 13.0 Å². The molecule has 1 aromatic carbocycles. The minimum absolute atomic E-state index is 0.00152. The third kappa shape index (κ3) is 3.09. The molecule has 0 fully saturated rings. The number of nitro groups is 1. The van der Waals surface area contributed by atoms with E-state index in [2.05, 4.69) is 15.3 Å². The van der Waals surface area contributed by atoms with Gasteiger partial charge < -0.3 is 5.32 Å². The molecule has 7 nitrogen and oxygen atoms in total. The molecule has 1 amide bonds. The number of aromatic nitrogens is 2. The quantitative estimate of drug-likeness (QED) is 0.530. The third-order valence-electron chi connectivity index (χ3n) is 2.66. The molecule has 1 N–H and O–H groups in total. The molecule has 9 heteroatoms. The molecule has 0 radical (unpaired) electrons. The van der Waals surface area contributed by atoms with Crippen LogP contribution in [0.1, 0.15) is 15.9 Å². The van der Waals surface area contributed by atoms with Crippen molar-refractivity contribution in [2.45, 2.75) is 6.92 Å². The predicted octanol–water partition coefficient (Wildman–Crippen LogP) is 3.25. The maximum Gasteiger partial charge on any atom is 0.285 e. The predicted molar refractivity (Wildman–Crippen MR) is 77.8 cm³/mol. The van der Waals surface area contributed by atoms with Gasteiger partial charge in [0.15, 0.2) is 10.3 Å². The highest BCUT2D eigenvalue weighted by Crippen LogP contribution is 2.28. The average Bonchev–Trinajstić information content (AvgIpc) is 2.42. The summed E-state index contributed by atoms with van der Waals surface area (Å²) in [5.74, 6) is -0.719. The van der Waals surface area contributed by atoms with Crippen molar-refractivity contribution in [3.05, 3.63) is 56.1 Å². The van der Waals surface area contributed by atoms with Gasteiger partial charge in [-0.3, -0.25) is 14.9 Å². The number of anilines is 1. The van der Waals surface area contributed by atoms with Crippen LogP contribution in [0.4, 0.5) is 11.4 Å². The fraction of sp³-hybridized carbons (Fsp3) is 0.0833. The monoisotopic (exact) mass is 326 g/mol. The van der Waals surface area contributed by atoms with Crippen LogP contribution in [0.5, 0.6) is 0 Å². The number of nitrogens with zero attached hydrogens (tertiary/aromatic N) is 3. The number of nitro benzene ring substituents is 1. The van der Waals surface area contributed by atoms with Crippen LogP contribution in [0, 0.1) is 17.0 Å². The summed E-state index contributed by atoms with van der Waals surface area (Å²) in [6.07, 6.45) is 1.13. The van der Waals surface area contributed by atoms with Crippen molar-refractivity contribution in [1.29, 1.82) is 0 Å². The molecule has 0 spiro atoms. The number of halogens is 2. The van der Waals surface area contributed by atoms with Crippen LogP contribution in [-0.4, -0.2) is 20.8 Å². The molecule has 0 unspecified atom stereocenters. The Bertz CT molecular complexity index is 716. The molecule has 0 aliphatic rings. The van der Waals surface area contributed by atoms with Crippen LogP contribution in [-0.2, 0) is 0 Å². The lowest BCUT2D eigenvalue weighted by molar-refractivity contribution is -0.385. The van der Waals surface area contributed by atoms with Crippen LogP contribution in [0.3, 0.4) is 0 Å². The van der Waals surface area contributed by atoms with E-state index in [9.17, 15) is 14.9 Å². The Morgan fingerprint density at radius 3 is 2.48 bits per heavy atom. The summed E-state index contributed by atoms with van der Waals surface area (Å²) in [7, 11) is 0. The first kappa shape index (κ1) is 15.1. The standard InChI is InChI=1S/C12H8Cl2N4O3/c1-6-3-2-4-7(9(6)18(20)21)12(19)17-8-10(13)15-5-16-11(8)14/h2-5H,1H3,(H,17,19). The number of para-hydroxylation sites is 1. The lowest BCUT2D eigenvalue weighted by Gasteiger charge is -2.08. The van der Waals surface area contributed by atoms with Gasteiger partial charge in [0.05, 0.1) is 4.92 Å². The van der Waals surface area contributed by atoms with E-state index < -0.39 is 10.8 Å². The summed E-state index contributed by atoms with van der Waals surface area (Å²) in [6.45, 7) is 1.54. The number of amides is 1. The lowest BCUT2D eigenvalue weighted by atomic mass is 10.1. The molecule has 0 saturated heterocycles. The third-order valence-corrected chi connectivity index (χ3v) is 3.23. The van der Waals surface area contributed by atoms with Gasteiger partial charge in [-0.15, -0.1) is 0 Å². The fourth-order valence-corrected chi connectivity index (χ4v) is 2.12. The zero-order chi connectivity index (χ0) is 15.6. The van der Waals surface area contributed by atoms with E-state index in [-0.39, 0.29) is 27.2 Å². The number of hydrogen-bond acceptors (Lipinski definition) is 5. The molecule has 108 valence electrons. The van der Waals surface area contributed by atoms with E-state index in [0.717, 1.165) is 6.33 Å². The number of aryl methyl sites for hydroxylation is 1. The Morgan fingerprint density at radius 1 is 1.29 bits per heavy atom. The molecular weight excluding hydrogens is 319 g/mol. The summed E-state index contributed by atoms with van der Waals surface area (Å²) in [5.41, 5.74) is -0.00845. The van der Waals surface area contributed by atoms with Crippen LogP contribution >= 0.6 is 23.2 Å². The van der Waals surface area contributed by atoms with E-state index in [1.807, 2.05) is 0 Å². The minimum atomic E-state index is -0.719. The maximum atomic E-state index is 12.2. The number of carbonyl (C=O) groups is 1. The zero-order valence-electron chi connectivity index (χ0n) is 10.6. The van der Waals surface area contributed by atoms with Gasteiger partial charge >= 0.3 is 0 Å². The summed E-state index contributed by atoms with van der Waals surface area (Å²) < 4.78 is 0. The van der Waals surface area contributed by atoms with E-state index in [1.54, 1.807) is 19.1 Å². The lowest BCUT2D eigenvalue weighted by Crippen LogP contribution is -2.15. The molecule has 2 aromatic rings. The van der Waals surface area contributed by atoms with Crippen LogP contribution < -0.4 is 5.32 Å². The van der Waals surface area contributed by atoms with Gasteiger partial charge in [-0.2, -0.15) is 0 Å². The Kier molecular flexibility index (Phi) is 4.35. The number of benzene rings is 1. The first-order valence-electron chi connectivity index (χ1n) is 5.63. The Morgan fingerprint density at radius 2 is 1.90 bits per heavy atom. The number of nitrogens with one attached hydrogen (secondary N) is 1. The number of carbonyl (C=O) groups excluding carboxylic acids is 1. The molecular formula is C12H8Cl2N4O3. The summed E-state index contributed by atoms with van der Waals surface area (Å²) in [5, 5.41) is 13.4. The second-order valence-electron chi connectivity index (χ2n) is 4.01. The highest BCUT2D eigenvalue weighted by molar-refractivity contribution is 6.38. The number of hydrogen-bond donors (Lipinski definition) is 1. The summed E-state index contributed by atoms with van der Waals surface area (Å²) in [6, 6.07) is 4.43. The van der Waals surface area contributed by atoms with Crippen molar-refractivity contribution in [2.75, 3.05) is 5.32 Å². The van der Waals surface area contributed by atoms with Gasteiger partial charge in [0.1, 0.15) is 17.6 Å². The number of rotatable bonds is 3. The normalized spacial score (nSPS) is 10.2. The highest BCUT2D eigenvalue weighted by Gasteiger charge is 2.23. The molecule has 1 heterocycles. The van der Waals surface area contributed by atoms with Crippen LogP contribution in [0.2, 0.25) is 10.3 Å². The Balaban J connectivity index is 2.43. The molecule has 0 atom stereocenters. The van der Waals surface area contributed by atoms with Gasteiger partial charge in [-0.25, -0.2) is 9.97 Å². The van der Waals surface area contributed by atoms with Crippen molar-refractivity contribution in [3.63, 3.8) is 0 Å². The molecule has 0 aliphatic carbocycles. The molecule has 0 bridgehead atoms. The highest BCUT2D eigenvalue weighted by atomic mass is 35.5. The first-order valence-corrected chi connectivity index (χ1v) is 6.38. The molecule has 0 aliphatic heterocycles. The summed E-state index contributed by atoms with van der Waals surface area (Å²) in [4.78, 5) is 30.0. The van der Waals surface area contributed by atoms with Gasteiger partial charge in [0.2, 0.25) is 0 Å². The van der Waals surface area contributed by atoms with Crippen molar-refractivity contribution < 1.29 is 9.72 Å². The second kappa shape index (κ2) is 6.02.